The van der Waals surface area contributed by atoms with Crippen molar-refractivity contribution < 1.29 is 0 Å². The largest absolute Gasteiger partial charge is 0.223 e. The minimum atomic E-state index is 0.340. The molecule has 1 aliphatic rings. The molecule has 0 unspecified atom stereocenters. The molecule has 0 atom stereocenters. The van der Waals surface area contributed by atoms with E-state index in [1.165, 1.54) is 12.8 Å². The Morgan fingerprint density at radius 1 is 1.44 bits per heavy atom. The summed E-state index contributed by atoms with van der Waals surface area (Å²) in [6.45, 7) is 4.05. The first-order valence-electron chi connectivity index (χ1n) is 3.43. The van der Waals surface area contributed by atoms with Gasteiger partial charge in [0.1, 0.15) is 0 Å². The first-order valence-corrected chi connectivity index (χ1v) is 3.43. The maximum Gasteiger partial charge on any atom is 0.0898 e. The van der Waals surface area contributed by atoms with Gasteiger partial charge in [0.25, 0.3) is 0 Å². The van der Waals surface area contributed by atoms with Gasteiger partial charge >= 0.3 is 0 Å². The molecule has 1 rings (SSSR count). The number of rotatable bonds is 2. The third-order valence-corrected chi connectivity index (χ3v) is 1.10. The summed E-state index contributed by atoms with van der Waals surface area (Å²) in [7, 11) is 0. The Morgan fingerprint density at radius 2 is 2.11 bits per heavy atom. The summed E-state index contributed by atoms with van der Waals surface area (Å²) in [6, 6.07) is 3.60. The number of aliphatic imine (C=N–C) groups is 2. The third kappa shape index (κ3) is 3.04. The van der Waals surface area contributed by atoms with E-state index in [9.17, 15) is 0 Å². The van der Waals surface area contributed by atoms with Gasteiger partial charge in [0.15, 0.2) is 0 Å². The van der Waals surface area contributed by atoms with Crippen molar-refractivity contribution in [3.05, 3.63) is 0 Å². The molecule has 2 heteroatoms. The highest BCUT2D eigenvalue weighted by atomic mass is 14.9. The average molecular weight is 124 g/mol. The zero-order valence-electron chi connectivity index (χ0n) is 5.96. The highest BCUT2D eigenvalue weighted by Crippen LogP contribution is 2.22. The van der Waals surface area contributed by atoms with E-state index in [4.69, 9.17) is 0 Å². The molecule has 0 heterocycles. The van der Waals surface area contributed by atoms with Crippen LogP contribution in [0.25, 0.3) is 0 Å². The van der Waals surface area contributed by atoms with Crippen LogP contribution >= 0.6 is 0 Å². The summed E-state index contributed by atoms with van der Waals surface area (Å²) < 4.78 is 0. The van der Waals surface area contributed by atoms with Crippen molar-refractivity contribution in [2.45, 2.75) is 38.8 Å². The SMILES string of the molecule is CC(C)N=C=NC1CC1. The first-order chi connectivity index (χ1) is 4.29. The minimum absolute atomic E-state index is 0.340. The molecule has 0 saturated heterocycles. The summed E-state index contributed by atoms with van der Waals surface area (Å²) in [5.41, 5.74) is 0. The molecule has 2 nitrogen and oxygen atoms in total. The maximum absolute atomic E-state index is 4.06. The Balaban J connectivity index is 2.27. The summed E-state index contributed by atoms with van der Waals surface area (Å²) in [4.78, 5) is 8.05. The van der Waals surface area contributed by atoms with Crippen LogP contribution in [-0.4, -0.2) is 18.1 Å². The summed E-state index contributed by atoms with van der Waals surface area (Å²) in [6.07, 6.45) is 2.47. The van der Waals surface area contributed by atoms with Crippen molar-refractivity contribution in [2.75, 3.05) is 0 Å². The second kappa shape index (κ2) is 2.79. The molecule has 9 heavy (non-hydrogen) atoms. The van der Waals surface area contributed by atoms with Gasteiger partial charge in [-0.1, -0.05) is 0 Å². The topological polar surface area (TPSA) is 24.7 Å². The Kier molecular flexibility index (Phi) is 2.01. The van der Waals surface area contributed by atoms with Crippen molar-refractivity contribution in [2.24, 2.45) is 9.98 Å². The fourth-order valence-electron chi connectivity index (χ4n) is 0.434. The van der Waals surface area contributed by atoms with Crippen LogP contribution in [0.2, 0.25) is 0 Å². The standard InChI is InChI=1S/C7H12N2/c1-6(2)8-5-9-7-3-4-7/h6-7H,3-4H2,1-2H3. The molecular weight excluding hydrogens is 112 g/mol. The molecule has 0 aliphatic heterocycles. The lowest BCUT2D eigenvalue weighted by Gasteiger charge is -1.85. The molecule has 0 N–H and O–H groups in total. The maximum atomic E-state index is 4.06. The molecule has 0 amide bonds. The monoisotopic (exact) mass is 124 g/mol. The quantitative estimate of drug-likeness (QED) is 0.501. The molecule has 0 radical (unpaired) electrons. The van der Waals surface area contributed by atoms with Crippen LogP contribution in [0.4, 0.5) is 0 Å². The van der Waals surface area contributed by atoms with E-state index >= 15 is 0 Å². The molecule has 1 saturated carbocycles. The molecule has 1 fully saturated rings. The van der Waals surface area contributed by atoms with Crippen molar-refractivity contribution >= 4 is 6.01 Å². The van der Waals surface area contributed by atoms with E-state index in [2.05, 4.69) is 16.0 Å². The summed E-state index contributed by atoms with van der Waals surface area (Å²) in [5.74, 6) is 0. The smallest absolute Gasteiger partial charge is 0.0898 e. The predicted molar refractivity (Wildman–Crippen MR) is 38.0 cm³/mol. The molecule has 0 aromatic rings. The van der Waals surface area contributed by atoms with Crippen LogP contribution in [0.15, 0.2) is 9.98 Å². The summed E-state index contributed by atoms with van der Waals surface area (Å²) in [5, 5.41) is 0. The van der Waals surface area contributed by atoms with Gasteiger partial charge in [-0.25, -0.2) is 9.98 Å². The molecule has 0 aromatic carbocycles. The Hall–Kier alpha value is -0.620. The zero-order valence-corrected chi connectivity index (χ0v) is 5.96. The van der Waals surface area contributed by atoms with E-state index < -0.39 is 0 Å². The van der Waals surface area contributed by atoms with Crippen molar-refractivity contribution in [1.29, 1.82) is 0 Å². The second-order valence-corrected chi connectivity index (χ2v) is 2.68. The lowest BCUT2D eigenvalue weighted by Crippen LogP contribution is -1.85. The van der Waals surface area contributed by atoms with E-state index in [1.54, 1.807) is 0 Å². The third-order valence-electron chi connectivity index (χ3n) is 1.10. The van der Waals surface area contributed by atoms with Gasteiger partial charge in [-0.2, -0.15) is 0 Å². The Labute approximate surface area is 55.7 Å². The first kappa shape index (κ1) is 6.50. The molecule has 1 aliphatic carbocycles. The number of hydrogen-bond acceptors (Lipinski definition) is 2. The minimum Gasteiger partial charge on any atom is -0.223 e. The van der Waals surface area contributed by atoms with E-state index in [-0.39, 0.29) is 0 Å². The van der Waals surface area contributed by atoms with Gasteiger partial charge in [-0.3, -0.25) is 0 Å². The van der Waals surface area contributed by atoms with Crippen molar-refractivity contribution in [1.82, 2.24) is 0 Å². The fraction of sp³-hybridized carbons (Fsp3) is 0.857. The van der Waals surface area contributed by atoms with Crippen molar-refractivity contribution in [3.8, 4) is 0 Å². The molecule has 0 bridgehead atoms. The van der Waals surface area contributed by atoms with Gasteiger partial charge in [0.2, 0.25) is 0 Å². The van der Waals surface area contributed by atoms with Gasteiger partial charge in [-0.05, 0) is 26.7 Å². The average Bonchev–Trinajstić information content (AvgIpc) is 2.48. The van der Waals surface area contributed by atoms with Crippen LogP contribution in [-0.2, 0) is 0 Å². The zero-order chi connectivity index (χ0) is 6.69. The number of nitrogens with zero attached hydrogens (tertiary/aromatic N) is 2. The highest BCUT2D eigenvalue weighted by Gasteiger charge is 2.18. The fourth-order valence-corrected chi connectivity index (χ4v) is 0.434. The van der Waals surface area contributed by atoms with Crippen LogP contribution < -0.4 is 0 Å². The normalized spacial score (nSPS) is 17.2. The van der Waals surface area contributed by atoms with Crippen LogP contribution in [0.5, 0.6) is 0 Å². The van der Waals surface area contributed by atoms with E-state index in [1.807, 2.05) is 13.8 Å². The van der Waals surface area contributed by atoms with Crippen LogP contribution in [0.3, 0.4) is 0 Å². The van der Waals surface area contributed by atoms with Gasteiger partial charge < -0.3 is 0 Å². The lowest BCUT2D eigenvalue weighted by atomic mass is 10.4. The molecule has 50 valence electrons. The second-order valence-electron chi connectivity index (χ2n) is 2.68. The molecule has 0 aromatic heterocycles. The van der Waals surface area contributed by atoms with Crippen LogP contribution in [0.1, 0.15) is 26.7 Å². The number of hydrogen-bond donors (Lipinski definition) is 0. The van der Waals surface area contributed by atoms with Crippen LogP contribution in [0, 0.1) is 0 Å². The van der Waals surface area contributed by atoms with Gasteiger partial charge in [-0.15, -0.1) is 0 Å². The Bertz CT molecular complexity index is 133. The van der Waals surface area contributed by atoms with Crippen molar-refractivity contribution in [3.63, 3.8) is 0 Å². The molecular formula is C7H12N2. The predicted octanol–water partition coefficient (Wildman–Crippen LogP) is 1.73. The lowest BCUT2D eigenvalue weighted by molar-refractivity contribution is 0.839. The summed E-state index contributed by atoms with van der Waals surface area (Å²) >= 11 is 0. The van der Waals surface area contributed by atoms with Gasteiger partial charge in [0, 0.05) is 0 Å². The van der Waals surface area contributed by atoms with E-state index in [0.29, 0.717) is 12.1 Å². The Morgan fingerprint density at radius 3 is 2.56 bits per heavy atom. The molecule has 0 spiro atoms. The van der Waals surface area contributed by atoms with E-state index in [0.717, 1.165) is 0 Å². The van der Waals surface area contributed by atoms with Gasteiger partial charge in [0.05, 0.1) is 18.1 Å². The highest BCUT2D eigenvalue weighted by molar-refractivity contribution is 5.42.